The Bertz CT molecular complexity index is 560. The van der Waals surface area contributed by atoms with Gasteiger partial charge in [0.1, 0.15) is 0 Å². The molecular formula is C15H22N4. The molecule has 1 unspecified atom stereocenters. The minimum absolute atomic E-state index is 0.607. The second-order valence-electron chi connectivity index (χ2n) is 5.41. The van der Waals surface area contributed by atoms with E-state index >= 15 is 0 Å². The number of benzene rings is 1. The van der Waals surface area contributed by atoms with Crippen molar-refractivity contribution < 1.29 is 0 Å². The fourth-order valence-electron chi connectivity index (χ4n) is 2.91. The maximum atomic E-state index is 4.73. The van der Waals surface area contributed by atoms with Crippen molar-refractivity contribution in [2.45, 2.75) is 32.5 Å². The zero-order valence-electron chi connectivity index (χ0n) is 11.8. The average molecular weight is 258 g/mol. The maximum absolute atomic E-state index is 4.73. The van der Waals surface area contributed by atoms with Gasteiger partial charge in [-0.25, -0.2) is 0 Å². The molecule has 19 heavy (non-hydrogen) atoms. The van der Waals surface area contributed by atoms with Crippen molar-refractivity contribution in [1.82, 2.24) is 20.0 Å². The van der Waals surface area contributed by atoms with Gasteiger partial charge in [0, 0.05) is 31.1 Å². The lowest BCUT2D eigenvalue weighted by Crippen LogP contribution is -2.31. The molecule has 1 fully saturated rings. The van der Waals surface area contributed by atoms with E-state index in [1.165, 1.54) is 29.6 Å². The smallest absolute Gasteiger partial charge is 0.0841 e. The number of likely N-dealkylation sites (N-methyl/N-ethyl adjacent to an activating group) is 1. The number of likely N-dealkylation sites (tertiary alicyclic amines) is 1. The molecule has 3 rings (SSSR count). The molecule has 1 aromatic carbocycles. The normalized spacial score (nSPS) is 20.4. The van der Waals surface area contributed by atoms with Gasteiger partial charge in [0.25, 0.3) is 0 Å². The molecule has 1 aliphatic rings. The summed E-state index contributed by atoms with van der Waals surface area (Å²) in [6.45, 7) is 6.27. The van der Waals surface area contributed by atoms with Crippen LogP contribution in [0.2, 0.25) is 0 Å². The molecule has 0 aliphatic carbocycles. The van der Waals surface area contributed by atoms with Crippen molar-refractivity contribution >= 4 is 10.9 Å². The Morgan fingerprint density at radius 3 is 2.95 bits per heavy atom. The number of hydrogen-bond donors (Lipinski definition) is 1. The SMILES string of the molecule is CCn1nc(CNC2CCN(C)C2)c2ccccc21. The summed E-state index contributed by atoms with van der Waals surface area (Å²) in [7, 11) is 2.18. The molecule has 0 saturated carbocycles. The maximum Gasteiger partial charge on any atom is 0.0841 e. The summed E-state index contributed by atoms with van der Waals surface area (Å²) in [5.74, 6) is 0. The van der Waals surface area contributed by atoms with Crippen molar-refractivity contribution in [2.75, 3.05) is 20.1 Å². The number of aromatic nitrogens is 2. The second-order valence-corrected chi connectivity index (χ2v) is 5.41. The average Bonchev–Trinajstić information content (AvgIpc) is 3.00. The lowest BCUT2D eigenvalue weighted by molar-refractivity contribution is 0.397. The van der Waals surface area contributed by atoms with Gasteiger partial charge >= 0.3 is 0 Å². The predicted molar refractivity (Wildman–Crippen MR) is 78.1 cm³/mol. The number of aryl methyl sites for hydroxylation is 1. The van der Waals surface area contributed by atoms with Gasteiger partial charge in [0.2, 0.25) is 0 Å². The van der Waals surface area contributed by atoms with E-state index in [9.17, 15) is 0 Å². The molecule has 2 heterocycles. The predicted octanol–water partition coefficient (Wildman–Crippen LogP) is 1.85. The van der Waals surface area contributed by atoms with Gasteiger partial charge in [0.05, 0.1) is 11.2 Å². The zero-order valence-corrected chi connectivity index (χ0v) is 11.8. The van der Waals surface area contributed by atoms with E-state index in [0.717, 1.165) is 19.6 Å². The monoisotopic (exact) mass is 258 g/mol. The van der Waals surface area contributed by atoms with Crippen molar-refractivity contribution in [3.8, 4) is 0 Å². The van der Waals surface area contributed by atoms with Gasteiger partial charge in [-0.2, -0.15) is 5.10 Å². The van der Waals surface area contributed by atoms with E-state index in [1.807, 2.05) is 0 Å². The molecule has 1 N–H and O–H groups in total. The molecule has 4 nitrogen and oxygen atoms in total. The van der Waals surface area contributed by atoms with Crippen LogP contribution in [0.1, 0.15) is 19.0 Å². The Labute approximate surface area is 114 Å². The van der Waals surface area contributed by atoms with Crippen molar-refractivity contribution in [1.29, 1.82) is 0 Å². The molecule has 0 amide bonds. The first kappa shape index (κ1) is 12.6. The lowest BCUT2D eigenvalue weighted by Gasteiger charge is -2.11. The number of rotatable bonds is 4. The summed E-state index contributed by atoms with van der Waals surface area (Å²) in [5.41, 5.74) is 2.41. The Kier molecular flexibility index (Phi) is 3.53. The van der Waals surface area contributed by atoms with E-state index in [2.05, 4.69) is 53.1 Å². The van der Waals surface area contributed by atoms with Gasteiger partial charge in [-0.15, -0.1) is 0 Å². The number of hydrogen-bond acceptors (Lipinski definition) is 3. The third-order valence-electron chi connectivity index (χ3n) is 3.98. The summed E-state index contributed by atoms with van der Waals surface area (Å²) < 4.78 is 2.09. The first-order chi connectivity index (χ1) is 9.28. The molecule has 0 radical (unpaired) electrons. The van der Waals surface area contributed by atoms with Gasteiger partial charge in [0.15, 0.2) is 0 Å². The van der Waals surface area contributed by atoms with Crippen molar-refractivity contribution in [2.24, 2.45) is 0 Å². The summed E-state index contributed by atoms with van der Waals surface area (Å²) in [4.78, 5) is 2.38. The Morgan fingerprint density at radius 2 is 2.21 bits per heavy atom. The van der Waals surface area contributed by atoms with Crippen LogP contribution in [0.4, 0.5) is 0 Å². The van der Waals surface area contributed by atoms with Crippen molar-refractivity contribution in [3.63, 3.8) is 0 Å². The molecule has 1 atom stereocenters. The van der Waals surface area contributed by atoms with Crippen LogP contribution < -0.4 is 5.32 Å². The van der Waals surface area contributed by atoms with Crippen LogP contribution in [0.25, 0.3) is 10.9 Å². The van der Waals surface area contributed by atoms with Crippen LogP contribution in [0.15, 0.2) is 24.3 Å². The largest absolute Gasteiger partial charge is 0.307 e. The lowest BCUT2D eigenvalue weighted by atomic mass is 10.2. The molecule has 1 saturated heterocycles. The van der Waals surface area contributed by atoms with Crippen LogP contribution in [-0.2, 0) is 13.1 Å². The molecule has 0 spiro atoms. The molecule has 1 aromatic heterocycles. The first-order valence-electron chi connectivity index (χ1n) is 7.14. The van der Waals surface area contributed by atoms with E-state index in [4.69, 9.17) is 5.10 Å². The van der Waals surface area contributed by atoms with E-state index in [0.29, 0.717) is 6.04 Å². The molecule has 4 heteroatoms. The molecule has 2 aromatic rings. The summed E-state index contributed by atoms with van der Waals surface area (Å²) in [5, 5.41) is 9.65. The minimum Gasteiger partial charge on any atom is -0.307 e. The summed E-state index contributed by atoms with van der Waals surface area (Å²) in [6.07, 6.45) is 1.24. The topological polar surface area (TPSA) is 33.1 Å². The Hall–Kier alpha value is -1.39. The quantitative estimate of drug-likeness (QED) is 0.908. The van der Waals surface area contributed by atoms with E-state index in [-0.39, 0.29) is 0 Å². The highest BCUT2D eigenvalue weighted by Gasteiger charge is 2.19. The van der Waals surface area contributed by atoms with Crippen LogP contribution in [0, 0.1) is 0 Å². The molecule has 0 bridgehead atoms. The van der Waals surface area contributed by atoms with Gasteiger partial charge in [-0.3, -0.25) is 4.68 Å². The van der Waals surface area contributed by atoms with E-state index in [1.54, 1.807) is 0 Å². The Morgan fingerprint density at radius 1 is 1.37 bits per heavy atom. The number of para-hydroxylation sites is 1. The van der Waals surface area contributed by atoms with Crippen LogP contribution >= 0.6 is 0 Å². The fourth-order valence-corrected chi connectivity index (χ4v) is 2.91. The van der Waals surface area contributed by atoms with Crippen LogP contribution in [0.3, 0.4) is 0 Å². The highest BCUT2D eigenvalue weighted by atomic mass is 15.3. The summed E-state index contributed by atoms with van der Waals surface area (Å²) >= 11 is 0. The standard InChI is InChI=1S/C15H22N4/c1-3-19-15-7-5-4-6-13(15)14(17-19)10-16-12-8-9-18(2)11-12/h4-7,12,16H,3,8-11H2,1-2H3. The minimum atomic E-state index is 0.607. The fraction of sp³-hybridized carbons (Fsp3) is 0.533. The highest BCUT2D eigenvalue weighted by Crippen LogP contribution is 2.18. The number of nitrogens with one attached hydrogen (secondary N) is 1. The van der Waals surface area contributed by atoms with Crippen LogP contribution in [0.5, 0.6) is 0 Å². The number of fused-ring (bicyclic) bond motifs is 1. The third kappa shape index (κ3) is 2.51. The van der Waals surface area contributed by atoms with Gasteiger partial charge in [-0.1, -0.05) is 18.2 Å². The first-order valence-corrected chi connectivity index (χ1v) is 7.14. The molecule has 1 aliphatic heterocycles. The summed E-state index contributed by atoms with van der Waals surface area (Å²) in [6, 6.07) is 9.11. The molecule has 102 valence electrons. The highest BCUT2D eigenvalue weighted by molar-refractivity contribution is 5.81. The van der Waals surface area contributed by atoms with Gasteiger partial charge < -0.3 is 10.2 Å². The van der Waals surface area contributed by atoms with E-state index < -0.39 is 0 Å². The molecular weight excluding hydrogens is 236 g/mol. The second kappa shape index (κ2) is 5.31. The zero-order chi connectivity index (χ0) is 13.2. The van der Waals surface area contributed by atoms with Gasteiger partial charge in [-0.05, 0) is 33.0 Å². The number of nitrogens with zero attached hydrogens (tertiary/aromatic N) is 3. The Balaban J connectivity index is 1.77. The third-order valence-corrected chi connectivity index (χ3v) is 3.98. The van der Waals surface area contributed by atoms with Crippen LogP contribution in [-0.4, -0.2) is 40.9 Å². The van der Waals surface area contributed by atoms with Crippen molar-refractivity contribution in [3.05, 3.63) is 30.0 Å².